The number of rotatable bonds is 5. The van der Waals surface area contributed by atoms with E-state index in [-0.39, 0.29) is 34.8 Å². The first-order valence-electron chi connectivity index (χ1n) is 9.84. The molecule has 2 aliphatic rings. The van der Waals surface area contributed by atoms with Gasteiger partial charge in [0.2, 0.25) is 15.9 Å². The van der Waals surface area contributed by atoms with Crippen molar-refractivity contribution in [3.05, 3.63) is 50.1 Å². The van der Waals surface area contributed by atoms with Gasteiger partial charge in [-0.3, -0.25) is 10.1 Å². The molecule has 3 heterocycles. The van der Waals surface area contributed by atoms with Crippen LogP contribution in [0.25, 0.3) is 0 Å². The number of benzene rings is 1. The van der Waals surface area contributed by atoms with Gasteiger partial charge in [0.05, 0.1) is 29.2 Å². The molecule has 1 spiro atoms. The predicted molar refractivity (Wildman–Crippen MR) is 121 cm³/mol. The molecule has 1 amide bonds. The summed E-state index contributed by atoms with van der Waals surface area (Å²) in [6.07, 6.45) is 0.876. The van der Waals surface area contributed by atoms with Crippen molar-refractivity contribution in [2.45, 2.75) is 29.9 Å². The Labute approximate surface area is 200 Å². The van der Waals surface area contributed by atoms with Crippen molar-refractivity contribution in [2.75, 3.05) is 26.7 Å². The molecule has 2 fully saturated rings. The number of hydrogen-bond acceptors (Lipinski definition) is 7. The van der Waals surface area contributed by atoms with E-state index in [4.69, 9.17) is 27.9 Å². The van der Waals surface area contributed by atoms with Crippen LogP contribution in [0.2, 0.25) is 8.67 Å². The summed E-state index contributed by atoms with van der Waals surface area (Å²) in [5.74, 6) is -0.474. The van der Waals surface area contributed by atoms with Gasteiger partial charge in [-0.2, -0.15) is 4.31 Å². The van der Waals surface area contributed by atoms with Gasteiger partial charge < -0.3 is 9.64 Å². The highest BCUT2D eigenvalue weighted by atomic mass is 35.5. The lowest BCUT2D eigenvalue weighted by Gasteiger charge is -2.44. The maximum Gasteiger partial charge on any atom is 0.337 e. The minimum atomic E-state index is -3.77. The number of hydrogen-bond donors (Lipinski definition) is 1. The zero-order valence-electron chi connectivity index (χ0n) is 17.1. The summed E-state index contributed by atoms with van der Waals surface area (Å²) in [7, 11) is -2.45. The lowest BCUT2D eigenvalue weighted by atomic mass is 9.96. The van der Waals surface area contributed by atoms with Gasteiger partial charge in [0, 0.05) is 19.6 Å². The number of ether oxygens (including phenoxy) is 1. The third-order valence-electron chi connectivity index (χ3n) is 5.89. The molecule has 172 valence electrons. The summed E-state index contributed by atoms with van der Waals surface area (Å²) in [6, 6.07) is 8.26. The van der Waals surface area contributed by atoms with Crippen molar-refractivity contribution in [2.24, 2.45) is 0 Å². The first-order valence-corrected chi connectivity index (χ1v) is 12.9. The van der Waals surface area contributed by atoms with E-state index in [1.807, 2.05) is 0 Å². The van der Waals surface area contributed by atoms with E-state index < -0.39 is 21.7 Å². The van der Waals surface area contributed by atoms with Crippen molar-refractivity contribution >= 4 is 56.4 Å². The number of nitrogens with zero attached hydrogens (tertiary/aromatic N) is 2. The topological polar surface area (TPSA) is 96.0 Å². The van der Waals surface area contributed by atoms with E-state index in [2.05, 4.69) is 5.32 Å². The minimum Gasteiger partial charge on any atom is -0.465 e. The molecule has 0 radical (unpaired) electrons. The molecule has 0 saturated carbocycles. The summed E-state index contributed by atoms with van der Waals surface area (Å²) < 4.78 is 32.6. The van der Waals surface area contributed by atoms with Crippen molar-refractivity contribution in [3.63, 3.8) is 0 Å². The highest BCUT2D eigenvalue weighted by Gasteiger charge is 2.48. The van der Waals surface area contributed by atoms with Crippen molar-refractivity contribution in [1.29, 1.82) is 0 Å². The molecule has 32 heavy (non-hydrogen) atoms. The summed E-state index contributed by atoms with van der Waals surface area (Å²) in [5.41, 5.74) is 0.673. The van der Waals surface area contributed by atoms with Gasteiger partial charge in [-0.15, -0.1) is 11.3 Å². The van der Waals surface area contributed by atoms with Crippen LogP contribution in [-0.4, -0.2) is 61.9 Å². The van der Waals surface area contributed by atoms with Crippen LogP contribution < -0.4 is 5.32 Å². The quantitative estimate of drug-likeness (QED) is 0.612. The van der Waals surface area contributed by atoms with Crippen LogP contribution in [0.3, 0.4) is 0 Å². The van der Waals surface area contributed by atoms with E-state index >= 15 is 0 Å². The van der Waals surface area contributed by atoms with Crippen LogP contribution in [0.15, 0.2) is 35.2 Å². The molecule has 1 aromatic carbocycles. The number of methoxy groups -OCH3 is 1. The molecule has 0 aliphatic carbocycles. The Bertz CT molecular complexity index is 1140. The number of nitrogens with one attached hydrogen (secondary N) is 1. The fraction of sp³-hybridized carbons (Fsp3) is 0.400. The molecular formula is C20H21Cl2N3O5S2. The average Bonchev–Trinajstić information content (AvgIpc) is 3.28. The zero-order chi connectivity index (χ0) is 23.1. The molecule has 2 saturated heterocycles. The highest BCUT2D eigenvalue weighted by molar-refractivity contribution is 7.89. The second-order valence-electron chi connectivity index (χ2n) is 7.65. The maximum absolute atomic E-state index is 13.0. The van der Waals surface area contributed by atoms with Gasteiger partial charge in [0.15, 0.2) is 0 Å². The molecule has 0 atom stereocenters. The smallest absolute Gasteiger partial charge is 0.337 e. The molecule has 12 heteroatoms. The molecule has 0 bridgehead atoms. The number of halogens is 2. The summed E-state index contributed by atoms with van der Waals surface area (Å²) in [6.45, 7) is 1.03. The number of esters is 1. The largest absolute Gasteiger partial charge is 0.465 e. The van der Waals surface area contributed by atoms with Crippen LogP contribution in [0, 0.1) is 0 Å². The van der Waals surface area contributed by atoms with Crippen LogP contribution in [0.5, 0.6) is 0 Å². The summed E-state index contributed by atoms with van der Waals surface area (Å²) >= 11 is 13.0. The Balaban J connectivity index is 1.49. The van der Waals surface area contributed by atoms with Crippen molar-refractivity contribution in [1.82, 2.24) is 14.5 Å². The summed E-state index contributed by atoms with van der Waals surface area (Å²) in [5, 5.41) is 3.29. The van der Waals surface area contributed by atoms with Crippen LogP contribution >= 0.6 is 34.5 Å². The normalized spacial score (nSPS) is 19.0. The Morgan fingerprint density at radius 3 is 2.44 bits per heavy atom. The predicted octanol–water partition coefficient (Wildman–Crippen LogP) is 2.95. The average molecular weight is 518 g/mol. The Morgan fingerprint density at radius 1 is 1.22 bits per heavy atom. The number of piperidine rings is 1. The van der Waals surface area contributed by atoms with Gasteiger partial charge >= 0.3 is 5.97 Å². The molecule has 2 aromatic rings. The van der Waals surface area contributed by atoms with Gasteiger partial charge in [0.1, 0.15) is 9.23 Å². The van der Waals surface area contributed by atoms with Crippen LogP contribution in [0.1, 0.15) is 28.8 Å². The lowest BCUT2D eigenvalue weighted by molar-refractivity contribution is -0.132. The molecule has 1 aromatic heterocycles. The van der Waals surface area contributed by atoms with Gasteiger partial charge in [-0.05, 0) is 36.6 Å². The van der Waals surface area contributed by atoms with E-state index in [0.29, 0.717) is 29.3 Å². The van der Waals surface area contributed by atoms with Crippen molar-refractivity contribution in [3.8, 4) is 0 Å². The maximum atomic E-state index is 13.0. The molecule has 8 nitrogen and oxygen atoms in total. The van der Waals surface area contributed by atoms with Gasteiger partial charge in [0.25, 0.3) is 0 Å². The molecule has 1 N–H and O–H groups in total. The Kier molecular flexibility index (Phi) is 6.54. The number of carbonyl (C=O) groups is 2. The third kappa shape index (κ3) is 4.27. The SMILES string of the molecule is COC(=O)c1ccc(CN2C(=O)CNC23CCN(S(=O)(=O)c2cc(Cl)sc2Cl)CC3)cc1. The number of thiophene rings is 1. The standard InChI is InChI=1S/C20H21Cl2N3O5S2/c1-30-19(27)14-4-2-13(3-5-14)12-25-17(26)11-23-20(25)6-8-24(9-7-20)32(28,29)15-10-16(21)31-18(15)22/h2-5,10,23H,6-9,11-12H2,1H3. The Hall–Kier alpha value is -1.69. The monoisotopic (exact) mass is 517 g/mol. The third-order valence-corrected chi connectivity index (χ3v) is 9.55. The van der Waals surface area contributed by atoms with Crippen LogP contribution in [-0.2, 0) is 26.1 Å². The van der Waals surface area contributed by atoms with Crippen LogP contribution in [0.4, 0.5) is 0 Å². The van der Waals surface area contributed by atoms with Gasteiger partial charge in [-0.1, -0.05) is 35.3 Å². The number of carbonyl (C=O) groups excluding carboxylic acids is 2. The van der Waals surface area contributed by atoms with E-state index in [0.717, 1.165) is 16.9 Å². The Morgan fingerprint density at radius 2 is 1.88 bits per heavy atom. The summed E-state index contributed by atoms with van der Waals surface area (Å²) in [4.78, 5) is 26.1. The van der Waals surface area contributed by atoms with Gasteiger partial charge in [-0.25, -0.2) is 13.2 Å². The molecule has 4 rings (SSSR count). The lowest BCUT2D eigenvalue weighted by Crippen LogP contribution is -2.58. The minimum absolute atomic E-state index is 0.0168. The van der Waals surface area contributed by atoms with E-state index in [9.17, 15) is 18.0 Å². The fourth-order valence-electron chi connectivity index (χ4n) is 4.14. The number of amides is 1. The molecule has 2 aliphatic heterocycles. The molecular weight excluding hydrogens is 497 g/mol. The molecule has 0 unspecified atom stereocenters. The van der Waals surface area contributed by atoms with E-state index in [1.165, 1.54) is 17.5 Å². The second-order valence-corrected chi connectivity index (χ2v) is 11.8. The van der Waals surface area contributed by atoms with Crippen molar-refractivity contribution < 1.29 is 22.7 Å². The first-order chi connectivity index (χ1) is 15.2. The zero-order valence-corrected chi connectivity index (χ0v) is 20.3. The first kappa shape index (κ1) is 23.5. The highest BCUT2D eigenvalue weighted by Crippen LogP contribution is 2.38. The van der Waals surface area contributed by atoms with E-state index in [1.54, 1.807) is 29.2 Å². The second kappa shape index (κ2) is 8.92. The fourth-order valence-corrected chi connectivity index (χ4v) is 7.69. The number of sulfonamides is 1.